The number of fused-ring (bicyclic) bond motifs is 1. The second kappa shape index (κ2) is 9.92. The Hall–Kier alpha value is -3.57. The number of aryl methyl sites for hydroxylation is 1. The maximum absolute atomic E-state index is 12.6. The zero-order valence-corrected chi connectivity index (χ0v) is 19.6. The number of rotatable bonds is 7. The molecule has 6 heteroatoms. The number of nitrogens with one attached hydrogen (secondary N) is 1. The molecule has 4 rings (SSSR count). The van der Waals surface area contributed by atoms with Gasteiger partial charge in [0.25, 0.3) is 0 Å². The van der Waals surface area contributed by atoms with E-state index in [-0.39, 0.29) is 5.91 Å². The maximum Gasteiger partial charge on any atom is 0.244 e. The summed E-state index contributed by atoms with van der Waals surface area (Å²) in [4.78, 5) is 16.8. The van der Waals surface area contributed by atoms with E-state index in [0.717, 1.165) is 44.5 Å². The van der Waals surface area contributed by atoms with Crippen LogP contribution in [0.2, 0.25) is 5.02 Å². The van der Waals surface area contributed by atoms with Crippen LogP contribution in [0.1, 0.15) is 30.7 Å². The predicted octanol–water partition coefficient (Wildman–Crippen LogP) is 6.58. The lowest BCUT2D eigenvalue weighted by Crippen LogP contribution is -2.21. The van der Waals surface area contributed by atoms with Gasteiger partial charge < -0.3 is 14.5 Å². The molecule has 5 nitrogen and oxygen atoms in total. The summed E-state index contributed by atoms with van der Waals surface area (Å²) in [5, 5.41) is 4.52. The third-order valence-electron chi connectivity index (χ3n) is 5.43. The molecule has 0 spiro atoms. The summed E-state index contributed by atoms with van der Waals surface area (Å²) in [5.41, 5.74) is 6.07. The van der Waals surface area contributed by atoms with Crippen molar-refractivity contribution in [1.82, 2.24) is 10.3 Å². The minimum atomic E-state index is -0.191. The number of allylic oxidation sites excluding steroid dienone is 1. The lowest BCUT2D eigenvalue weighted by molar-refractivity contribution is -0.116. The Labute approximate surface area is 198 Å². The molecule has 33 heavy (non-hydrogen) atoms. The highest BCUT2D eigenvalue weighted by Gasteiger charge is 2.19. The zero-order chi connectivity index (χ0) is 23.4. The van der Waals surface area contributed by atoms with E-state index in [1.165, 1.54) is 0 Å². The van der Waals surface area contributed by atoms with Crippen LogP contribution in [-0.2, 0) is 11.3 Å². The standard InChI is InChI=1S/C27H25ClN2O3/c1-4-32-26-18(3)27-23(24(16-33-27)19-8-10-20(28)11-9-19)14-22(26)17(2)13-25(31)30-15-21-7-5-6-12-29-21/h5-14,16H,4,15H2,1-3H3,(H,30,31)/b17-13+. The fourth-order valence-electron chi connectivity index (χ4n) is 3.80. The number of benzene rings is 2. The van der Waals surface area contributed by atoms with E-state index >= 15 is 0 Å². The van der Waals surface area contributed by atoms with E-state index in [0.29, 0.717) is 23.9 Å². The molecule has 1 amide bonds. The molecule has 1 N–H and O–H groups in total. The van der Waals surface area contributed by atoms with Gasteiger partial charge in [0.1, 0.15) is 11.3 Å². The van der Waals surface area contributed by atoms with Crippen molar-refractivity contribution < 1.29 is 13.9 Å². The smallest absolute Gasteiger partial charge is 0.244 e. The van der Waals surface area contributed by atoms with Gasteiger partial charge in [-0.2, -0.15) is 0 Å². The van der Waals surface area contributed by atoms with E-state index < -0.39 is 0 Å². The van der Waals surface area contributed by atoms with Crippen molar-refractivity contribution in [3.05, 3.63) is 88.9 Å². The van der Waals surface area contributed by atoms with Crippen molar-refractivity contribution in [3.63, 3.8) is 0 Å². The summed E-state index contributed by atoms with van der Waals surface area (Å²) in [7, 11) is 0. The molecular formula is C27H25ClN2O3. The number of pyridine rings is 1. The number of amides is 1. The van der Waals surface area contributed by atoms with Crippen molar-refractivity contribution >= 4 is 34.1 Å². The Bertz CT molecular complexity index is 1310. The normalized spacial score (nSPS) is 11.6. The zero-order valence-electron chi connectivity index (χ0n) is 18.8. The van der Waals surface area contributed by atoms with Gasteiger partial charge in [0, 0.05) is 39.4 Å². The first kappa shape index (κ1) is 22.6. The number of nitrogens with zero attached hydrogens (tertiary/aromatic N) is 1. The van der Waals surface area contributed by atoms with Gasteiger partial charge in [-0.15, -0.1) is 0 Å². The van der Waals surface area contributed by atoms with E-state index in [9.17, 15) is 4.79 Å². The minimum absolute atomic E-state index is 0.191. The SMILES string of the molecule is CCOc1c(/C(C)=C/C(=O)NCc2ccccn2)cc2c(-c3ccc(Cl)cc3)coc2c1C. The van der Waals surface area contributed by atoms with Crippen LogP contribution in [0.4, 0.5) is 0 Å². The van der Waals surface area contributed by atoms with Crippen molar-refractivity contribution in [3.8, 4) is 16.9 Å². The first-order valence-electron chi connectivity index (χ1n) is 10.8. The van der Waals surface area contributed by atoms with Crippen LogP contribution in [0.3, 0.4) is 0 Å². The first-order valence-corrected chi connectivity index (χ1v) is 11.2. The minimum Gasteiger partial charge on any atom is -0.493 e. The van der Waals surface area contributed by atoms with Gasteiger partial charge >= 0.3 is 0 Å². The van der Waals surface area contributed by atoms with Gasteiger partial charge in [0.15, 0.2) is 0 Å². The number of aromatic nitrogens is 1. The summed E-state index contributed by atoms with van der Waals surface area (Å²) in [6.45, 7) is 6.69. The number of ether oxygens (including phenoxy) is 1. The molecule has 2 aromatic heterocycles. The quantitative estimate of drug-likeness (QED) is 0.316. The summed E-state index contributed by atoms with van der Waals surface area (Å²) in [6, 6.07) is 15.3. The molecular weight excluding hydrogens is 436 g/mol. The Morgan fingerprint density at radius 1 is 1.21 bits per heavy atom. The largest absolute Gasteiger partial charge is 0.493 e. The van der Waals surface area contributed by atoms with Gasteiger partial charge in [-0.1, -0.05) is 29.8 Å². The van der Waals surface area contributed by atoms with Gasteiger partial charge in [0.2, 0.25) is 5.91 Å². The molecule has 0 fully saturated rings. The van der Waals surface area contributed by atoms with E-state index in [1.54, 1.807) is 18.5 Å². The summed E-state index contributed by atoms with van der Waals surface area (Å²) in [5.74, 6) is 0.525. The average molecular weight is 461 g/mol. The molecule has 0 aliphatic rings. The molecule has 0 radical (unpaired) electrons. The molecule has 2 aromatic carbocycles. The highest BCUT2D eigenvalue weighted by molar-refractivity contribution is 6.30. The molecule has 168 valence electrons. The van der Waals surface area contributed by atoms with Crippen LogP contribution in [0.5, 0.6) is 5.75 Å². The Balaban J connectivity index is 1.72. The summed E-state index contributed by atoms with van der Waals surface area (Å²) in [6.07, 6.45) is 5.05. The molecule has 0 aliphatic carbocycles. The van der Waals surface area contributed by atoms with Crippen LogP contribution in [-0.4, -0.2) is 17.5 Å². The average Bonchev–Trinajstić information content (AvgIpc) is 3.25. The second-order valence-corrected chi connectivity index (χ2v) is 8.15. The maximum atomic E-state index is 12.6. The number of hydrogen-bond acceptors (Lipinski definition) is 4. The first-order chi connectivity index (χ1) is 16.0. The lowest BCUT2D eigenvalue weighted by atomic mass is 9.96. The fourth-order valence-corrected chi connectivity index (χ4v) is 3.92. The molecule has 0 unspecified atom stereocenters. The van der Waals surface area contributed by atoms with Crippen LogP contribution in [0.25, 0.3) is 27.7 Å². The van der Waals surface area contributed by atoms with Crippen molar-refractivity contribution in [2.75, 3.05) is 6.61 Å². The topological polar surface area (TPSA) is 64.4 Å². The van der Waals surface area contributed by atoms with Crippen LogP contribution in [0.15, 0.2) is 71.5 Å². The summed E-state index contributed by atoms with van der Waals surface area (Å²) >= 11 is 6.06. The number of hydrogen-bond donors (Lipinski definition) is 1. The third-order valence-corrected chi connectivity index (χ3v) is 5.68. The Morgan fingerprint density at radius 2 is 2.00 bits per heavy atom. The lowest BCUT2D eigenvalue weighted by Gasteiger charge is -2.15. The van der Waals surface area contributed by atoms with Crippen molar-refractivity contribution in [1.29, 1.82) is 0 Å². The van der Waals surface area contributed by atoms with Crippen LogP contribution in [0, 0.1) is 6.92 Å². The Kier molecular flexibility index (Phi) is 6.80. The third kappa shape index (κ3) is 4.94. The fraction of sp³-hybridized carbons (Fsp3) is 0.185. The number of carbonyl (C=O) groups is 1. The van der Waals surface area contributed by atoms with Gasteiger partial charge in [-0.25, -0.2) is 0 Å². The van der Waals surface area contributed by atoms with Crippen LogP contribution < -0.4 is 10.1 Å². The van der Waals surface area contributed by atoms with Gasteiger partial charge in [-0.05, 0) is 62.2 Å². The molecule has 2 heterocycles. The van der Waals surface area contributed by atoms with E-state index in [4.69, 9.17) is 20.8 Å². The molecule has 0 saturated carbocycles. The van der Waals surface area contributed by atoms with Crippen molar-refractivity contribution in [2.24, 2.45) is 0 Å². The summed E-state index contributed by atoms with van der Waals surface area (Å²) < 4.78 is 11.9. The van der Waals surface area contributed by atoms with Gasteiger partial charge in [-0.3, -0.25) is 9.78 Å². The monoisotopic (exact) mass is 460 g/mol. The molecule has 0 saturated heterocycles. The van der Waals surface area contributed by atoms with E-state index in [2.05, 4.69) is 10.3 Å². The number of furan rings is 1. The number of carbonyl (C=O) groups excluding carboxylic acids is 1. The number of halogens is 1. The Morgan fingerprint density at radius 3 is 2.70 bits per heavy atom. The molecule has 0 atom stereocenters. The predicted molar refractivity (Wildman–Crippen MR) is 132 cm³/mol. The second-order valence-electron chi connectivity index (χ2n) is 7.71. The molecule has 0 aliphatic heterocycles. The molecule has 4 aromatic rings. The molecule has 0 bridgehead atoms. The van der Waals surface area contributed by atoms with Crippen molar-refractivity contribution in [2.45, 2.75) is 27.3 Å². The highest BCUT2D eigenvalue weighted by atomic mass is 35.5. The van der Waals surface area contributed by atoms with Gasteiger partial charge in [0.05, 0.1) is 25.1 Å². The van der Waals surface area contributed by atoms with E-state index in [1.807, 2.05) is 69.3 Å². The highest BCUT2D eigenvalue weighted by Crippen LogP contribution is 2.40. The van der Waals surface area contributed by atoms with Crippen LogP contribution >= 0.6 is 11.6 Å².